The summed E-state index contributed by atoms with van der Waals surface area (Å²) < 4.78 is 0. The lowest BCUT2D eigenvalue weighted by Gasteiger charge is -2.29. The van der Waals surface area contributed by atoms with E-state index in [9.17, 15) is 4.79 Å². The van der Waals surface area contributed by atoms with Crippen molar-refractivity contribution in [1.82, 2.24) is 4.90 Å². The van der Waals surface area contributed by atoms with Gasteiger partial charge in [-0.1, -0.05) is 0 Å². The van der Waals surface area contributed by atoms with E-state index in [0.717, 1.165) is 37.3 Å². The first-order valence-electron chi connectivity index (χ1n) is 6.47. The Balaban J connectivity index is 2.05. The average Bonchev–Trinajstić information content (AvgIpc) is 2.91. The van der Waals surface area contributed by atoms with Crippen LogP contribution < -0.4 is 10.6 Å². The van der Waals surface area contributed by atoms with Gasteiger partial charge in [-0.3, -0.25) is 4.79 Å². The van der Waals surface area contributed by atoms with E-state index in [1.807, 2.05) is 48.0 Å². The van der Waals surface area contributed by atoms with Crippen LogP contribution in [0.15, 0.2) is 24.3 Å². The maximum Gasteiger partial charge on any atom is 0.244 e. The van der Waals surface area contributed by atoms with Crippen molar-refractivity contribution in [3.8, 4) is 0 Å². The zero-order valence-corrected chi connectivity index (χ0v) is 11.1. The molecule has 1 unspecified atom stereocenters. The summed E-state index contributed by atoms with van der Waals surface area (Å²) in [4.78, 5) is 16.2. The Morgan fingerprint density at radius 1 is 1.28 bits per heavy atom. The van der Waals surface area contributed by atoms with Crippen LogP contribution in [0.5, 0.6) is 0 Å². The molecule has 0 radical (unpaired) electrons. The molecule has 0 bridgehead atoms. The van der Waals surface area contributed by atoms with E-state index in [1.54, 1.807) is 0 Å². The first-order valence-corrected chi connectivity index (χ1v) is 6.47. The highest BCUT2D eigenvalue weighted by atomic mass is 16.2. The highest BCUT2D eigenvalue weighted by molar-refractivity contribution is 5.85. The predicted molar refractivity (Wildman–Crippen MR) is 74.5 cm³/mol. The standard InChI is InChI=1S/C14H21N3O/c1-11(14(18)17-9-3-4-10-17)16(2)13-7-5-12(15)6-8-13/h5-8,11H,3-4,9-10,15H2,1-2H3. The predicted octanol–water partition coefficient (Wildman–Crippen LogP) is 1.72. The quantitative estimate of drug-likeness (QED) is 0.827. The Bertz CT molecular complexity index is 410. The number of hydrogen-bond acceptors (Lipinski definition) is 3. The summed E-state index contributed by atoms with van der Waals surface area (Å²) in [5.41, 5.74) is 7.43. The van der Waals surface area contributed by atoms with Crippen molar-refractivity contribution in [2.45, 2.75) is 25.8 Å². The lowest BCUT2D eigenvalue weighted by Crippen LogP contribution is -2.44. The van der Waals surface area contributed by atoms with Gasteiger partial charge < -0.3 is 15.5 Å². The first kappa shape index (κ1) is 12.7. The Hall–Kier alpha value is -1.71. The molecule has 1 aromatic rings. The number of nitrogens with two attached hydrogens (primary N) is 1. The first-order chi connectivity index (χ1) is 8.59. The zero-order valence-electron chi connectivity index (χ0n) is 11.1. The maximum atomic E-state index is 12.3. The summed E-state index contributed by atoms with van der Waals surface area (Å²) in [5.74, 6) is 0.215. The van der Waals surface area contributed by atoms with Crippen LogP contribution in [0.4, 0.5) is 11.4 Å². The molecular formula is C14H21N3O. The van der Waals surface area contributed by atoms with Crippen molar-refractivity contribution in [1.29, 1.82) is 0 Å². The summed E-state index contributed by atoms with van der Waals surface area (Å²) in [6.07, 6.45) is 2.26. The maximum absolute atomic E-state index is 12.3. The fraction of sp³-hybridized carbons (Fsp3) is 0.500. The molecule has 0 spiro atoms. The number of likely N-dealkylation sites (tertiary alicyclic amines) is 1. The van der Waals surface area contributed by atoms with Crippen LogP contribution in [0, 0.1) is 0 Å². The second-order valence-electron chi connectivity index (χ2n) is 4.91. The summed E-state index contributed by atoms with van der Waals surface area (Å²) in [7, 11) is 1.95. The lowest BCUT2D eigenvalue weighted by atomic mass is 10.2. The fourth-order valence-electron chi connectivity index (χ4n) is 2.30. The number of hydrogen-bond donors (Lipinski definition) is 1. The van der Waals surface area contributed by atoms with E-state index < -0.39 is 0 Å². The highest BCUT2D eigenvalue weighted by Crippen LogP contribution is 2.19. The van der Waals surface area contributed by atoms with Gasteiger partial charge >= 0.3 is 0 Å². The van der Waals surface area contributed by atoms with Crippen molar-refractivity contribution < 1.29 is 4.79 Å². The second kappa shape index (κ2) is 5.29. The molecule has 1 atom stereocenters. The van der Waals surface area contributed by atoms with Crippen LogP contribution in [-0.2, 0) is 4.79 Å². The molecule has 1 fully saturated rings. The molecule has 0 aliphatic carbocycles. The molecule has 1 saturated heterocycles. The second-order valence-corrected chi connectivity index (χ2v) is 4.91. The van der Waals surface area contributed by atoms with E-state index in [0.29, 0.717) is 0 Å². The van der Waals surface area contributed by atoms with Crippen LogP contribution in [0.2, 0.25) is 0 Å². The summed E-state index contributed by atoms with van der Waals surface area (Å²) in [5, 5.41) is 0. The molecule has 98 valence electrons. The van der Waals surface area contributed by atoms with Crippen molar-refractivity contribution in [3.63, 3.8) is 0 Å². The molecule has 1 aliphatic rings. The van der Waals surface area contributed by atoms with Crippen molar-refractivity contribution in [3.05, 3.63) is 24.3 Å². The minimum absolute atomic E-state index is 0.133. The third-order valence-corrected chi connectivity index (χ3v) is 3.66. The molecular weight excluding hydrogens is 226 g/mol. The third-order valence-electron chi connectivity index (χ3n) is 3.66. The van der Waals surface area contributed by atoms with E-state index in [-0.39, 0.29) is 11.9 Å². The molecule has 0 saturated carbocycles. The number of nitrogen functional groups attached to an aromatic ring is 1. The third kappa shape index (κ3) is 2.58. The van der Waals surface area contributed by atoms with Crippen molar-refractivity contribution in [2.75, 3.05) is 30.8 Å². The van der Waals surface area contributed by atoms with Gasteiger partial charge in [0.2, 0.25) is 5.91 Å². The zero-order chi connectivity index (χ0) is 13.1. The fourth-order valence-corrected chi connectivity index (χ4v) is 2.30. The number of rotatable bonds is 3. The van der Waals surface area contributed by atoms with E-state index in [4.69, 9.17) is 5.73 Å². The van der Waals surface area contributed by atoms with Gasteiger partial charge in [0.05, 0.1) is 0 Å². The number of carbonyl (C=O) groups is 1. The van der Waals surface area contributed by atoms with Crippen LogP contribution in [0.3, 0.4) is 0 Å². The molecule has 18 heavy (non-hydrogen) atoms. The van der Waals surface area contributed by atoms with E-state index in [1.165, 1.54) is 0 Å². The molecule has 1 heterocycles. The smallest absolute Gasteiger partial charge is 0.244 e. The minimum atomic E-state index is -0.133. The van der Waals surface area contributed by atoms with Crippen LogP contribution in [0.25, 0.3) is 0 Å². The van der Waals surface area contributed by atoms with Gasteiger partial charge in [-0.2, -0.15) is 0 Å². The van der Waals surface area contributed by atoms with Gasteiger partial charge in [-0.15, -0.1) is 0 Å². The normalized spacial score (nSPS) is 16.7. The summed E-state index contributed by atoms with van der Waals surface area (Å²) >= 11 is 0. The lowest BCUT2D eigenvalue weighted by molar-refractivity contribution is -0.131. The molecule has 1 aromatic carbocycles. The molecule has 4 heteroatoms. The number of likely N-dealkylation sites (N-methyl/N-ethyl adjacent to an activating group) is 1. The molecule has 1 amide bonds. The Labute approximate surface area is 108 Å². The number of benzene rings is 1. The SMILES string of the molecule is CC(C(=O)N1CCCC1)N(C)c1ccc(N)cc1. The number of nitrogens with zero attached hydrogens (tertiary/aromatic N) is 2. The van der Waals surface area contributed by atoms with Crippen LogP contribution >= 0.6 is 0 Å². The highest BCUT2D eigenvalue weighted by Gasteiger charge is 2.25. The van der Waals surface area contributed by atoms with Gasteiger partial charge in [0.15, 0.2) is 0 Å². The number of amides is 1. The Morgan fingerprint density at radius 3 is 2.39 bits per heavy atom. The van der Waals surface area contributed by atoms with E-state index in [2.05, 4.69) is 0 Å². The molecule has 2 N–H and O–H groups in total. The topological polar surface area (TPSA) is 49.6 Å². The largest absolute Gasteiger partial charge is 0.399 e. The Morgan fingerprint density at radius 2 is 1.83 bits per heavy atom. The van der Waals surface area contributed by atoms with Crippen LogP contribution in [0.1, 0.15) is 19.8 Å². The monoisotopic (exact) mass is 247 g/mol. The molecule has 2 rings (SSSR count). The summed E-state index contributed by atoms with van der Waals surface area (Å²) in [6.45, 7) is 3.76. The average molecular weight is 247 g/mol. The van der Waals surface area contributed by atoms with Crippen molar-refractivity contribution >= 4 is 17.3 Å². The van der Waals surface area contributed by atoms with E-state index >= 15 is 0 Å². The number of carbonyl (C=O) groups excluding carboxylic acids is 1. The van der Waals surface area contributed by atoms with Gasteiger partial charge in [0, 0.05) is 31.5 Å². The van der Waals surface area contributed by atoms with Crippen molar-refractivity contribution in [2.24, 2.45) is 0 Å². The number of anilines is 2. The molecule has 4 nitrogen and oxygen atoms in total. The van der Waals surface area contributed by atoms with Crippen LogP contribution in [-0.4, -0.2) is 37.0 Å². The Kier molecular flexibility index (Phi) is 3.75. The van der Waals surface area contributed by atoms with Gasteiger partial charge in [-0.25, -0.2) is 0 Å². The minimum Gasteiger partial charge on any atom is -0.399 e. The molecule has 1 aliphatic heterocycles. The molecule has 0 aromatic heterocycles. The van der Waals surface area contributed by atoms with Gasteiger partial charge in [-0.05, 0) is 44.0 Å². The summed E-state index contributed by atoms with van der Waals surface area (Å²) in [6, 6.07) is 7.48. The van der Waals surface area contributed by atoms with Gasteiger partial charge in [0.1, 0.15) is 6.04 Å². The van der Waals surface area contributed by atoms with Gasteiger partial charge in [0.25, 0.3) is 0 Å².